The van der Waals surface area contributed by atoms with Crippen LogP contribution in [0.4, 0.5) is 5.69 Å². The summed E-state index contributed by atoms with van der Waals surface area (Å²) in [6.45, 7) is 5.23. The summed E-state index contributed by atoms with van der Waals surface area (Å²) < 4.78 is 61.5. The number of thioether (sulfide) groups is 1. The molecule has 0 aliphatic carbocycles. The summed E-state index contributed by atoms with van der Waals surface area (Å²) in [5.41, 5.74) is 4.16. The van der Waals surface area contributed by atoms with E-state index < -0.39 is 27.2 Å². The second-order valence-corrected chi connectivity index (χ2v) is 13.7. The van der Waals surface area contributed by atoms with E-state index in [9.17, 15) is 17.2 Å². The van der Waals surface area contributed by atoms with Gasteiger partial charge in [0, 0.05) is 40.8 Å². The highest BCUT2D eigenvalue weighted by molar-refractivity contribution is 8.03. The van der Waals surface area contributed by atoms with Crippen LogP contribution in [-0.4, -0.2) is 40.6 Å². The van der Waals surface area contributed by atoms with E-state index in [0.29, 0.717) is 24.5 Å². The number of thiazole rings is 1. The Morgan fingerprint density at radius 1 is 1.26 bits per heavy atom. The van der Waals surface area contributed by atoms with Crippen molar-refractivity contribution in [2.75, 3.05) is 23.8 Å². The Bertz CT molecular complexity index is 1550. The number of anilines is 1. The van der Waals surface area contributed by atoms with Gasteiger partial charge in [-0.1, -0.05) is 47.7 Å². The van der Waals surface area contributed by atoms with Crippen molar-refractivity contribution < 1.29 is 30.5 Å². The molecule has 1 aliphatic rings. The second kappa shape index (κ2) is 13.3. The van der Waals surface area contributed by atoms with E-state index in [4.69, 9.17) is 20.3 Å². The highest BCUT2D eigenvalue weighted by Crippen LogP contribution is 2.47. The highest BCUT2D eigenvalue weighted by atomic mass is 35.5. The van der Waals surface area contributed by atoms with Crippen LogP contribution < -0.4 is 9.47 Å². The van der Waals surface area contributed by atoms with Gasteiger partial charge < -0.3 is 9.45 Å². The maximum atomic E-state index is 11.2. The smallest absolute Gasteiger partial charge is 0.301 e. The fourth-order valence-electron chi connectivity index (χ4n) is 4.28. The lowest BCUT2D eigenvalue weighted by molar-refractivity contribution is -0.669. The van der Waals surface area contributed by atoms with Crippen molar-refractivity contribution in [2.24, 2.45) is 0 Å². The quantitative estimate of drug-likeness (QED) is 0.115. The predicted octanol–water partition coefficient (Wildman–Crippen LogP) is 5.88. The predicted molar refractivity (Wildman–Crippen MR) is 158 cm³/mol. The van der Waals surface area contributed by atoms with Gasteiger partial charge in [0.05, 0.1) is 27.4 Å². The van der Waals surface area contributed by atoms with Gasteiger partial charge in [0.2, 0.25) is 5.52 Å². The Balaban J connectivity index is 1.68. The monoisotopic (exact) mass is 628 g/mol. The number of fused-ring (bicyclic) bond motifs is 2. The third-order valence-corrected chi connectivity index (χ3v) is 9.71. The third-order valence-electron chi connectivity index (χ3n) is 6.09. The van der Waals surface area contributed by atoms with Crippen molar-refractivity contribution in [1.82, 2.24) is 0 Å². The fourth-order valence-corrected chi connectivity index (χ4v) is 7.48. The molecule has 0 bridgehead atoms. The summed E-state index contributed by atoms with van der Waals surface area (Å²) in [5, 5.41) is 2.61. The van der Waals surface area contributed by atoms with Gasteiger partial charge in [-0.3, -0.25) is 8.74 Å². The van der Waals surface area contributed by atoms with Crippen molar-refractivity contribution in [3.8, 4) is 0 Å². The highest BCUT2D eigenvalue weighted by Gasteiger charge is 2.26. The Morgan fingerprint density at radius 2 is 2.05 bits per heavy atom. The summed E-state index contributed by atoms with van der Waals surface area (Å²) in [6.07, 6.45) is 5.78. The molecular weight excluding hydrogens is 600 g/mol. The molecular formula is C26H29ClN2O6S4. The van der Waals surface area contributed by atoms with Crippen molar-refractivity contribution in [3.63, 3.8) is 0 Å². The number of aromatic nitrogens is 1. The topological polar surface area (TPSA) is 111 Å². The zero-order chi connectivity index (χ0) is 28.2. The summed E-state index contributed by atoms with van der Waals surface area (Å²) in [7, 11) is -4.29. The summed E-state index contributed by atoms with van der Waals surface area (Å²) in [5.74, 6) is -0.406. The lowest BCUT2D eigenvalue weighted by Gasteiger charge is -2.21. The molecule has 8 nitrogen and oxygen atoms in total. The molecule has 1 aromatic heterocycles. The van der Waals surface area contributed by atoms with Gasteiger partial charge >= 0.3 is 11.4 Å². The molecule has 1 unspecified atom stereocenters. The molecule has 4 rings (SSSR count). The van der Waals surface area contributed by atoms with Crippen LogP contribution in [0.5, 0.6) is 0 Å². The molecule has 3 aromatic rings. The molecule has 13 heteroatoms. The number of hydrogen-bond donors (Lipinski definition) is 1. The number of rotatable bonds is 12. The van der Waals surface area contributed by atoms with E-state index in [1.807, 2.05) is 31.2 Å². The van der Waals surface area contributed by atoms with E-state index in [1.54, 1.807) is 23.1 Å². The Morgan fingerprint density at radius 3 is 2.77 bits per heavy atom. The Hall–Kier alpha value is -1.77. The summed E-state index contributed by atoms with van der Waals surface area (Å²) in [6, 6.07) is 11.9. The maximum Gasteiger partial charge on any atom is 0.301 e. The van der Waals surface area contributed by atoms with Crippen LogP contribution in [-0.2, 0) is 32.2 Å². The number of halogens is 1. The zero-order valence-electron chi connectivity index (χ0n) is 21.5. The van der Waals surface area contributed by atoms with Gasteiger partial charge in [-0.2, -0.15) is 8.78 Å². The van der Waals surface area contributed by atoms with Gasteiger partial charge in [-0.25, -0.2) is 8.42 Å². The maximum absolute atomic E-state index is 11.2. The van der Waals surface area contributed by atoms with Crippen LogP contribution in [0.15, 0.2) is 58.0 Å². The number of allylic oxidation sites excluding steroid dienone is 2. The van der Waals surface area contributed by atoms with Crippen LogP contribution in [0.3, 0.4) is 0 Å². The number of hydrogen-bond acceptors (Lipinski definition) is 8. The minimum absolute atomic E-state index is 0.143. The molecule has 0 amide bonds. The van der Waals surface area contributed by atoms with Crippen LogP contribution in [0.2, 0.25) is 5.02 Å². The standard InChI is InChI=1S/C26H29ClN2O6S4/c1-3-19(15-25-28(10-4-12-35-38(30)31)22-17-20(27)7-9-24(22)37-25)16-26-29(11-5-13-39(32,33)34)21-14-18(2)6-8-23(21)36-26/h6-9,14-17H,3-5,10-13H2,1-2H3,(H-,30,31,32,33,34). The van der Waals surface area contributed by atoms with Crippen molar-refractivity contribution >= 4 is 78.2 Å². The molecule has 0 radical (unpaired) electrons. The van der Waals surface area contributed by atoms with Crippen LogP contribution in [0, 0.1) is 6.92 Å². The number of aryl methyl sites for hydroxylation is 2. The average molecular weight is 629 g/mol. The molecule has 39 heavy (non-hydrogen) atoms. The lowest BCUT2D eigenvalue weighted by atomic mass is 10.1. The van der Waals surface area contributed by atoms with Crippen LogP contribution in [0.1, 0.15) is 36.8 Å². The van der Waals surface area contributed by atoms with E-state index in [0.717, 1.165) is 48.4 Å². The van der Waals surface area contributed by atoms with Gasteiger partial charge in [0.1, 0.15) is 4.70 Å². The first-order valence-electron chi connectivity index (χ1n) is 12.3. The lowest BCUT2D eigenvalue weighted by Crippen LogP contribution is -2.35. The number of nitrogens with zero attached hydrogens (tertiary/aromatic N) is 2. The van der Waals surface area contributed by atoms with Gasteiger partial charge in [0.15, 0.2) is 6.54 Å². The minimum Gasteiger partial charge on any atom is -0.748 e. The average Bonchev–Trinajstić information content (AvgIpc) is 3.37. The van der Waals surface area contributed by atoms with E-state index >= 15 is 0 Å². The molecule has 1 atom stereocenters. The van der Waals surface area contributed by atoms with Gasteiger partial charge in [0.25, 0.3) is 5.01 Å². The molecule has 2 aromatic carbocycles. The molecule has 0 saturated heterocycles. The Labute approximate surface area is 244 Å². The fraction of sp³-hybridized carbons (Fsp3) is 0.346. The first-order chi connectivity index (χ1) is 18.5. The first kappa shape index (κ1) is 30.2. The molecule has 1 N–H and O–H groups in total. The molecule has 0 saturated carbocycles. The second-order valence-electron chi connectivity index (χ2n) is 8.99. The largest absolute Gasteiger partial charge is 0.748 e. The van der Waals surface area contributed by atoms with E-state index in [1.165, 1.54) is 0 Å². The van der Waals surface area contributed by atoms with Crippen molar-refractivity contribution in [2.45, 2.75) is 44.6 Å². The van der Waals surface area contributed by atoms with Crippen molar-refractivity contribution in [3.05, 3.63) is 68.7 Å². The summed E-state index contributed by atoms with van der Waals surface area (Å²) >= 11 is 7.25. The number of benzene rings is 2. The van der Waals surface area contributed by atoms with E-state index in [-0.39, 0.29) is 13.0 Å². The van der Waals surface area contributed by atoms with E-state index in [2.05, 4.69) is 40.7 Å². The molecule has 210 valence electrons. The zero-order valence-corrected chi connectivity index (χ0v) is 25.5. The third kappa shape index (κ3) is 8.14. The molecule has 1 aliphatic heterocycles. The van der Waals surface area contributed by atoms with Crippen LogP contribution >= 0.6 is 34.7 Å². The minimum atomic E-state index is -4.29. The SMILES string of the molecule is CCC(=Cc1sc2ccc(Cl)cc2[n+]1CCCOS(=O)O)C=C1Sc2ccc(C)cc2N1CCCS(=O)(=O)[O-]. The molecule has 0 fully saturated rings. The Kier molecular flexibility index (Phi) is 10.3. The van der Waals surface area contributed by atoms with Gasteiger partial charge in [-0.15, -0.1) is 0 Å². The molecule has 0 spiro atoms. The summed E-state index contributed by atoms with van der Waals surface area (Å²) in [4.78, 5) is 3.17. The normalized spacial score (nSPS) is 15.9. The molecule has 2 heterocycles. The van der Waals surface area contributed by atoms with Crippen LogP contribution in [0.25, 0.3) is 16.3 Å². The first-order valence-corrected chi connectivity index (χ1v) is 16.9. The van der Waals surface area contributed by atoms with Gasteiger partial charge in [-0.05, 0) is 61.2 Å². The van der Waals surface area contributed by atoms with Crippen molar-refractivity contribution in [1.29, 1.82) is 0 Å².